The molecule has 1 aliphatic heterocycles. The second kappa shape index (κ2) is 18.5. The minimum atomic E-state index is -1.22. The average molecular weight is 641 g/mol. The van der Waals surface area contributed by atoms with Crippen LogP contribution in [0.3, 0.4) is 0 Å². The molecule has 250 valence electrons. The molecule has 18 nitrogen and oxygen atoms in total. The van der Waals surface area contributed by atoms with Gasteiger partial charge in [-0.15, -0.1) is 0 Å². The molecule has 0 saturated carbocycles. The number of carboxylic acids is 5. The third kappa shape index (κ3) is 14.9. The van der Waals surface area contributed by atoms with Crippen LogP contribution in [0.25, 0.3) is 0 Å². The molecule has 0 bridgehead atoms. The Kier molecular flexibility index (Phi) is 15.2. The number of carbonyl (C=O) groups is 5. The van der Waals surface area contributed by atoms with Crippen LogP contribution in [-0.2, 0) is 30.5 Å². The summed E-state index contributed by atoms with van der Waals surface area (Å²) in [7, 11) is 0. The summed E-state index contributed by atoms with van der Waals surface area (Å²) in [5.41, 5.74) is 0.356. The lowest BCUT2D eigenvalue weighted by atomic mass is 10.1. The van der Waals surface area contributed by atoms with Crippen molar-refractivity contribution in [1.29, 1.82) is 0 Å². The molecule has 1 saturated heterocycles. The standard InChI is InChI=1S/C27H40N6O12/c34-23(35)15-28-6-1-7-29(16-24(36)37)9-11-31(18-26(40)41)14-22(13-30(10-8-28)17-25(38)39)32(19-27(42)43)12-20-2-4-21(5-3-20)33(44)45/h2-5,22H,1,6-19H2,(H,34,35)(H,36,37)(H,38,39)(H,40,41)(H,42,43). The van der Waals surface area contributed by atoms with Crippen LogP contribution in [0.4, 0.5) is 5.69 Å². The number of rotatable bonds is 14. The smallest absolute Gasteiger partial charge is 0.317 e. The minimum Gasteiger partial charge on any atom is -0.480 e. The Hall–Kier alpha value is -4.23. The van der Waals surface area contributed by atoms with Gasteiger partial charge in [0.15, 0.2) is 0 Å². The molecule has 1 heterocycles. The molecular formula is C27H40N6O12. The number of nitro benzene ring substituents is 1. The average Bonchev–Trinajstić information content (AvgIpc) is 2.91. The highest BCUT2D eigenvalue weighted by Gasteiger charge is 2.29. The number of aliphatic carboxylic acids is 5. The Morgan fingerprint density at radius 1 is 0.667 bits per heavy atom. The van der Waals surface area contributed by atoms with Gasteiger partial charge in [0.2, 0.25) is 0 Å². The maximum atomic E-state index is 12.0. The second-order valence-corrected chi connectivity index (χ2v) is 10.8. The van der Waals surface area contributed by atoms with Gasteiger partial charge in [-0.1, -0.05) is 12.1 Å². The molecule has 0 aliphatic carbocycles. The molecule has 1 aliphatic rings. The summed E-state index contributed by atoms with van der Waals surface area (Å²) in [5, 5.41) is 59.0. The molecule has 2 rings (SSSR count). The van der Waals surface area contributed by atoms with Gasteiger partial charge in [-0.2, -0.15) is 0 Å². The molecule has 1 fully saturated rings. The van der Waals surface area contributed by atoms with Crippen LogP contribution in [0.1, 0.15) is 12.0 Å². The monoisotopic (exact) mass is 640 g/mol. The maximum absolute atomic E-state index is 12.0. The fourth-order valence-corrected chi connectivity index (χ4v) is 5.19. The quantitative estimate of drug-likeness (QED) is 0.118. The van der Waals surface area contributed by atoms with E-state index in [-0.39, 0.29) is 77.7 Å². The predicted molar refractivity (Wildman–Crippen MR) is 156 cm³/mol. The summed E-state index contributed by atoms with van der Waals surface area (Å²) in [4.78, 5) is 77.0. The summed E-state index contributed by atoms with van der Waals surface area (Å²) < 4.78 is 0. The van der Waals surface area contributed by atoms with Crippen molar-refractivity contribution in [2.75, 3.05) is 85.1 Å². The van der Waals surface area contributed by atoms with Gasteiger partial charge in [-0.05, 0) is 12.0 Å². The number of hydrogen-bond donors (Lipinski definition) is 5. The third-order valence-electron chi connectivity index (χ3n) is 7.17. The molecule has 1 aromatic rings. The zero-order valence-electron chi connectivity index (χ0n) is 24.8. The summed E-state index contributed by atoms with van der Waals surface area (Å²) >= 11 is 0. The lowest BCUT2D eigenvalue weighted by molar-refractivity contribution is -0.384. The molecule has 0 atom stereocenters. The number of nitro groups is 1. The Balaban J connectivity index is 2.52. The van der Waals surface area contributed by atoms with E-state index in [0.717, 1.165) is 0 Å². The zero-order valence-corrected chi connectivity index (χ0v) is 24.8. The molecule has 0 aromatic heterocycles. The Morgan fingerprint density at radius 2 is 1.07 bits per heavy atom. The molecule has 45 heavy (non-hydrogen) atoms. The Morgan fingerprint density at radius 3 is 1.44 bits per heavy atom. The highest BCUT2D eigenvalue weighted by atomic mass is 16.6. The van der Waals surface area contributed by atoms with E-state index in [1.807, 2.05) is 0 Å². The van der Waals surface area contributed by atoms with E-state index in [1.165, 1.54) is 39.0 Å². The highest BCUT2D eigenvalue weighted by Crippen LogP contribution is 2.17. The van der Waals surface area contributed by atoms with Crippen LogP contribution in [0, 0.1) is 10.1 Å². The molecule has 18 heteroatoms. The zero-order chi connectivity index (χ0) is 33.5. The van der Waals surface area contributed by atoms with E-state index in [4.69, 9.17) is 0 Å². The third-order valence-corrected chi connectivity index (χ3v) is 7.17. The van der Waals surface area contributed by atoms with Gasteiger partial charge in [0.05, 0.1) is 37.6 Å². The first-order valence-corrected chi connectivity index (χ1v) is 14.2. The van der Waals surface area contributed by atoms with Crippen molar-refractivity contribution in [3.05, 3.63) is 39.9 Å². The van der Waals surface area contributed by atoms with Gasteiger partial charge >= 0.3 is 29.8 Å². The Labute approximate surface area is 258 Å². The SMILES string of the molecule is O=C(O)CN1CCCN(CC(=O)O)CCN(CC(=O)O)CC(N(CC(=O)O)Cc2ccc([N+](=O)[O-])cc2)CN(CC(=O)O)CC1. The number of hydrogen-bond acceptors (Lipinski definition) is 12. The van der Waals surface area contributed by atoms with E-state index in [1.54, 1.807) is 9.80 Å². The van der Waals surface area contributed by atoms with E-state index >= 15 is 0 Å². The normalized spacial score (nSPS) is 17.4. The summed E-state index contributed by atoms with van der Waals surface area (Å²) in [6.45, 7) is -1.19. The number of carboxylic acid groups (broad SMARTS) is 5. The van der Waals surface area contributed by atoms with Gasteiger partial charge in [-0.25, -0.2) is 0 Å². The summed E-state index contributed by atoms with van der Waals surface area (Å²) in [6, 6.07) is 4.69. The minimum absolute atomic E-state index is 0.0208. The maximum Gasteiger partial charge on any atom is 0.317 e. The van der Waals surface area contributed by atoms with Crippen molar-refractivity contribution in [1.82, 2.24) is 24.5 Å². The molecule has 0 spiro atoms. The topological polar surface area (TPSA) is 246 Å². The number of benzene rings is 1. The largest absolute Gasteiger partial charge is 0.480 e. The lowest BCUT2D eigenvalue weighted by Gasteiger charge is -2.38. The van der Waals surface area contributed by atoms with E-state index in [0.29, 0.717) is 12.0 Å². The summed E-state index contributed by atoms with van der Waals surface area (Å²) in [5.74, 6) is -5.76. The van der Waals surface area contributed by atoms with Crippen LogP contribution in [0.2, 0.25) is 0 Å². The van der Waals surface area contributed by atoms with E-state index in [2.05, 4.69) is 0 Å². The van der Waals surface area contributed by atoms with E-state index in [9.17, 15) is 59.6 Å². The van der Waals surface area contributed by atoms with E-state index < -0.39 is 60.4 Å². The molecule has 5 N–H and O–H groups in total. The van der Waals surface area contributed by atoms with Crippen LogP contribution >= 0.6 is 0 Å². The van der Waals surface area contributed by atoms with Gasteiger partial charge < -0.3 is 25.5 Å². The highest BCUT2D eigenvalue weighted by molar-refractivity contribution is 5.70. The van der Waals surface area contributed by atoms with Gasteiger partial charge in [-0.3, -0.25) is 58.6 Å². The van der Waals surface area contributed by atoms with Gasteiger partial charge in [0.1, 0.15) is 0 Å². The molecular weight excluding hydrogens is 600 g/mol. The fourth-order valence-electron chi connectivity index (χ4n) is 5.19. The number of non-ortho nitro benzene ring substituents is 1. The van der Waals surface area contributed by atoms with Crippen molar-refractivity contribution < 1.29 is 54.4 Å². The van der Waals surface area contributed by atoms with Gasteiger partial charge in [0.25, 0.3) is 5.69 Å². The molecule has 0 unspecified atom stereocenters. The number of nitrogens with zero attached hydrogens (tertiary/aromatic N) is 6. The van der Waals surface area contributed by atoms with Crippen molar-refractivity contribution in [2.24, 2.45) is 0 Å². The molecule has 1 aromatic carbocycles. The first-order valence-electron chi connectivity index (χ1n) is 14.2. The fraction of sp³-hybridized carbons (Fsp3) is 0.593. The first kappa shape index (κ1) is 37.0. The van der Waals surface area contributed by atoms with Crippen LogP contribution in [0.15, 0.2) is 24.3 Å². The first-order chi connectivity index (χ1) is 21.2. The van der Waals surface area contributed by atoms with Crippen molar-refractivity contribution >= 4 is 35.5 Å². The van der Waals surface area contributed by atoms with Crippen molar-refractivity contribution in [2.45, 2.75) is 19.0 Å². The molecule has 0 radical (unpaired) electrons. The van der Waals surface area contributed by atoms with Crippen molar-refractivity contribution in [3.8, 4) is 0 Å². The summed E-state index contributed by atoms with van der Waals surface area (Å²) in [6.07, 6.45) is 0.405. The molecule has 0 amide bonds. The van der Waals surface area contributed by atoms with Crippen LogP contribution < -0.4 is 0 Å². The van der Waals surface area contributed by atoms with Crippen molar-refractivity contribution in [3.63, 3.8) is 0 Å². The Bertz CT molecular complexity index is 1130. The van der Waals surface area contributed by atoms with Crippen LogP contribution in [0.5, 0.6) is 0 Å². The predicted octanol–water partition coefficient (Wildman–Crippen LogP) is -1.20. The van der Waals surface area contributed by atoms with Gasteiger partial charge in [0, 0.05) is 77.1 Å². The van der Waals surface area contributed by atoms with Crippen LogP contribution in [-0.4, -0.2) is 176 Å². The lowest BCUT2D eigenvalue weighted by Crippen LogP contribution is -2.54. The second-order valence-electron chi connectivity index (χ2n) is 10.8.